The van der Waals surface area contributed by atoms with Gasteiger partial charge in [0.25, 0.3) is 0 Å². The number of aryl methyl sites for hydroxylation is 1. The van der Waals surface area contributed by atoms with Crippen molar-refractivity contribution < 1.29 is 14.3 Å². The molecule has 0 aromatic heterocycles. The minimum Gasteiger partial charge on any atom is -0.454 e. The van der Waals surface area contributed by atoms with Crippen LogP contribution in [0.1, 0.15) is 18.9 Å². The second-order valence-electron chi connectivity index (χ2n) is 3.50. The zero-order valence-electron chi connectivity index (χ0n) is 8.38. The van der Waals surface area contributed by atoms with Crippen LogP contribution in [0.4, 0.5) is 0 Å². The van der Waals surface area contributed by atoms with Crippen LogP contribution in [0.15, 0.2) is 12.1 Å². The normalized spacial score (nSPS) is 12.9. The maximum absolute atomic E-state index is 10.9. The van der Waals surface area contributed by atoms with E-state index in [9.17, 15) is 4.79 Å². The van der Waals surface area contributed by atoms with Gasteiger partial charge in [-0.05, 0) is 53.6 Å². The molecule has 1 aliphatic rings. The van der Waals surface area contributed by atoms with E-state index < -0.39 is 0 Å². The molecule has 4 heteroatoms. The van der Waals surface area contributed by atoms with Gasteiger partial charge in [0.15, 0.2) is 11.5 Å². The van der Waals surface area contributed by atoms with E-state index in [0.29, 0.717) is 13.2 Å². The molecule has 15 heavy (non-hydrogen) atoms. The Hall–Kier alpha value is -0.780. The molecular weight excluding hydrogens is 307 g/mol. The predicted molar refractivity (Wildman–Crippen MR) is 64.3 cm³/mol. The van der Waals surface area contributed by atoms with Crippen molar-refractivity contribution >= 4 is 28.4 Å². The number of hydrogen-bond acceptors (Lipinski definition) is 3. The molecular formula is C11H11IO3. The monoisotopic (exact) mass is 318 g/mol. The summed E-state index contributed by atoms with van der Waals surface area (Å²) in [6, 6.07) is 3.92. The van der Waals surface area contributed by atoms with E-state index in [1.165, 1.54) is 0 Å². The van der Waals surface area contributed by atoms with Crippen LogP contribution in [-0.2, 0) is 11.2 Å². The molecule has 0 atom stereocenters. The molecule has 3 nitrogen and oxygen atoms in total. The molecule has 0 spiro atoms. The number of Topliss-reactive ketones (excluding diaryl/α,β-unsaturated/α-hetero) is 1. The van der Waals surface area contributed by atoms with Crippen molar-refractivity contribution in [2.24, 2.45) is 0 Å². The van der Waals surface area contributed by atoms with Gasteiger partial charge in [0.1, 0.15) is 5.78 Å². The van der Waals surface area contributed by atoms with Crippen LogP contribution >= 0.6 is 22.6 Å². The Bertz CT molecular complexity index is 401. The lowest BCUT2D eigenvalue weighted by molar-refractivity contribution is -0.116. The van der Waals surface area contributed by atoms with Crippen molar-refractivity contribution in [2.45, 2.75) is 19.8 Å². The maximum Gasteiger partial charge on any atom is 0.231 e. The molecule has 0 aliphatic carbocycles. The number of fused-ring (bicyclic) bond motifs is 1. The molecule has 0 amide bonds. The minimum atomic E-state index is 0.212. The molecule has 0 bridgehead atoms. The summed E-state index contributed by atoms with van der Waals surface area (Å²) in [5.41, 5.74) is 1.15. The maximum atomic E-state index is 10.9. The number of carbonyl (C=O) groups excluding carboxylic acids is 1. The van der Waals surface area contributed by atoms with Gasteiger partial charge in [0.05, 0.1) is 0 Å². The molecule has 0 saturated carbocycles. The molecule has 0 unspecified atom stereocenters. The molecule has 1 aromatic carbocycles. The first-order chi connectivity index (χ1) is 7.16. The Morgan fingerprint density at radius 1 is 1.40 bits per heavy atom. The summed E-state index contributed by atoms with van der Waals surface area (Å²) in [7, 11) is 0. The first kappa shape index (κ1) is 10.7. The van der Waals surface area contributed by atoms with E-state index in [0.717, 1.165) is 27.1 Å². The number of hydrogen-bond donors (Lipinski definition) is 0. The number of rotatable bonds is 3. The minimum absolute atomic E-state index is 0.212. The van der Waals surface area contributed by atoms with E-state index in [2.05, 4.69) is 22.6 Å². The summed E-state index contributed by atoms with van der Waals surface area (Å²) < 4.78 is 11.7. The Kier molecular flexibility index (Phi) is 3.14. The molecule has 0 radical (unpaired) electrons. The SMILES string of the molecule is CC(=O)CCc1cc2c(cc1I)OCO2. The van der Waals surface area contributed by atoms with Gasteiger partial charge in [-0.25, -0.2) is 0 Å². The van der Waals surface area contributed by atoms with Gasteiger partial charge in [-0.1, -0.05) is 0 Å². The van der Waals surface area contributed by atoms with Crippen molar-refractivity contribution in [3.05, 3.63) is 21.3 Å². The summed E-state index contributed by atoms with van der Waals surface area (Å²) in [5, 5.41) is 0. The standard InChI is InChI=1S/C11H11IO3/c1-7(13)2-3-8-4-10-11(5-9(8)12)15-6-14-10/h4-5H,2-3,6H2,1H3. The predicted octanol–water partition coefficient (Wildman–Crippen LogP) is 2.54. The Morgan fingerprint density at radius 3 is 2.73 bits per heavy atom. The van der Waals surface area contributed by atoms with Crippen LogP contribution < -0.4 is 9.47 Å². The second kappa shape index (κ2) is 4.38. The van der Waals surface area contributed by atoms with Crippen LogP contribution in [0.5, 0.6) is 11.5 Å². The average molecular weight is 318 g/mol. The third kappa shape index (κ3) is 2.42. The van der Waals surface area contributed by atoms with Gasteiger partial charge in [-0.2, -0.15) is 0 Å². The highest BCUT2D eigenvalue weighted by Gasteiger charge is 2.16. The van der Waals surface area contributed by atoms with Gasteiger partial charge in [0, 0.05) is 9.99 Å². The molecule has 0 saturated heterocycles. The third-order valence-electron chi connectivity index (χ3n) is 2.29. The van der Waals surface area contributed by atoms with Crippen molar-refractivity contribution in [3.63, 3.8) is 0 Å². The molecule has 0 fully saturated rings. The van der Waals surface area contributed by atoms with Gasteiger partial charge in [-0.3, -0.25) is 0 Å². The lowest BCUT2D eigenvalue weighted by Crippen LogP contribution is -1.96. The average Bonchev–Trinajstić information content (AvgIpc) is 2.60. The van der Waals surface area contributed by atoms with E-state index in [-0.39, 0.29) is 5.78 Å². The number of carbonyl (C=O) groups is 1. The Balaban J connectivity index is 2.21. The highest BCUT2D eigenvalue weighted by molar-refractivity contribution is 14.1. The Morgan fingerprint density at radius 2 is 2.07 bits per heavy atom. The fourth-order valence-corrected chi connectivity index (χ4v) is 2.17. The van der Waals surface area contributed by atoms with Crippen LogP contribution in [-0.4, -0.2) is 12.6 Å². The third-order valence-corrected chi connectivity index (χ3v) is 3.29. The zero-order valence-corrected chi connectivity index (χ0v) is 10.5. The fraction of sp³-hybridized carbons (Fsp3) is 0.364. The molecule has 1 aliphatic heterocycles. The highest BCUT2D eigenvalue weighted by Crippen LogP contribution is 2.35. The van der Waals surface area contributed by atoms with Gasteiger partial charge < -0.3 is 14.3 Å². The first-order valence-electron chi connectivity index (χ1n) is 4.74. The molecule has 2 rings (SSSR count). The Labute approximate surface area is 102 Å². The van der Waals surface area contributed by atoms with E-state index >= 15 is 0 Å². The zero-order chi connectivity index (χ0) is 10.8. The van der Waals surface area contributed by atoms with E-state index in [1.807, 2.05) is 12.1 Å². The quantitative estimate of drug-likeness (QED) is 0.804. The van der Waals surface area contributed by atoms with Crippen molar-refractivity contribution in [1.29, 1.82) is 0 Å². The summed E-state index contributed by atoms with van der Waals surface area (Å²) in [4.78, 5) is 10.9. The smallest absolute Gasteiger partial charge is 0.231 e. The molecule has 1 aromatic rings. The van der Waals surface area contributed by atoms with Crippen LogP contribution in [0.25, 0.3) is 0 Å². The van der Waals surface area contributed by atoms with Crippen LogP contribution in [0.2, 0.25) is 0 Å². The molecule has 80 valence electrons. The second-order valence-corrected chi connectivity index (χ2v) is 4.66. The lowest BCUT2D eigenvalue weighted by atomic mass is 10.1. The number of ether oxygens (including phenoxy) is 2. The summed E-state index contributed by atoms with van der Waals surface area (Å²) in [5.74, 6) is 1.79. The van der Waals surface area contributed by atoms with Crippen molar-refractivity contribution in [3.8, 4) is 11.5 Å². The largest absolute Gasteiger partial charge is 0.454 e. The lowest BCUT2D eigenvalue weighted by Gasteiger charge is -2.04. The summed E-state index contributed by atoms with van der Waals surface area (Å²) in [6.45, 7) is 1.90. The van der Waals surface area contributed by atoms with Crippen molar-refractivity contribution in [1.82, 2.24) is 0 Å². The van der Waals surface area contributed by atoms with E-state index in [4.69, 9.17) is 9.47 Å². The number of halogens is 1. The fourth-order valence-electron chi connectivity index (χ4n) is 1.46. The van der Waals surface area contributed by atoms with Gasteiger partial charge in [0.2, 0.25) is 6.79 Å². The highest BCUT2D eigenvalue weighted by atomic mass is 127. The van der Waals surface area contributed by atoms with Gasteiger partial charge >= 0.3 is 0 Å². The van der Waals surface area contributed by atoms with E-state index in [1.54, 1.807) is 6.92 Å². The number of ketones is 1. The van der Waals surface area contributed by atoms with Gasteiger partial charge in [-0.15, -0.1) is 0 Å². The van der Waals surface area contributed by atoms with Crippen molar-refractivity contribution in [2.75, 3.05) is 6.79 Å². The van der Waals surface area contributed by atoms with Crippen LogP contribution in [0, 0.1) is 3.57 Å². The first-order valence-corrected chi connectivity index (χ1v) is 5.82. The number of benzene rings is 1. The molecule has 1 heterocycles. The topological polar surface area (TPSA) is 35.5 Å². The van der Waals surface area contributed by atoms with Crippen LogP contribution in [0.3, 0.4) is 0 Å². The summed E-state index contributed by atoms with van der Waals surface area (Å²) in [6.07, 6.45) is 1.35. The summed E-state index contributed by atoms with van der Waals surface area (Å²) >= 11 is 2.25. The molecule has 0 N–H and O–H groups in total.